The van der Waals surface area contributed by atoms with Gasteiger partial charge in [0, 0.05) is 13.2 Å². The fourth-order valence-corrected chi connectivity index (χ4v) is 7.54. The Balaban J connectivity index is 2.07. The highest BCUT2D eigenvalue weighted by Gasteiger charge is 2.40. The Kier molecular flexibility index (Phi) is 7.12. The Hall–Kier alpha value is -0.643. The smallest absolute Gasteiger partial charge is 0.224 e. The van der Waals surface area contributed by atoms with Crippen molar-refractivity contribution in [2.45, 2.75) is 58.0 Å². The van der Waals surface area contributed by atoms with E-state index in [1.807, 2.05) is 0 Å². The molecule has 1 saturated carbocycles. The van der Waals surface area contributed by atoms with Gasteiger partial charge in [-0.2, -0.15) is 0 Å². The molecule has 2 nitrogen and oxygen atoms in total. The van der Waals surface area contributed by atoms with Crippen LogP contribution in [-0.4, -0.2) is 39.5 Å². The van der Waals surface area contributed by atoms with E-state index in [9.17, 15) is 0 Å². The Labute approximate surface area is 138 Å². The van der Waals surface area contributed by atoms with Gasteiger partial charge in [0.15, 0.2) is 0 Å². The van der Waals surface area contributed by atoms with Gasteiger partial charge in [0.25, 0.3) is 0 Å². The van der Waals surface area contributed by atoms with Crippen LogP contribution in [0.1, 0.15) is 46.0 Å². The number of likely N-dealkylation sites (N-methyl/N-ethyl adjacent to an activating group) is 1. The van der Waals surface area contributed by atoms with Crippen molar-refractivity contribution >= 4 is 13.5 Å². The van der Waals surface area contributed by atoms with Crippen LogP contribution in [0.15, 0.2) is 30.3 Å². The van der Waals surface area contributed by atoms with E-state index in [0.29, 0.717) is 0 Å². The molecule has 0 radical (unpaired) electrons. The second-order valence-electron chi connectivity index (χ2n) is 6.68. The molecule has 0 bridgehead atoms. The maximum Gasteiger partial charge on any atom is 0.224 e. The van der Waals surface area contributed by atoms with Gasteiger partial charge in [-0.3, -0.25) is 0 Å². The van der Waals surface area contributed by atoms with E-state index in [1.165, 1.54) is 37.3 Å². The van der Waals surface area contributed by atoms with Crippen LogP contribution in [-0.2, 0) is 4.43 Å². The SMILES string of the molecule is CCN(CC)CCO[Si](C)(c1ccccc1)C1CCCCC1. The van der Waals surface area contributed by atoms with Crippen LogP contribution >= 0.6 is 0 Å². The number of nitrogens with zero attached hydrogens (tertiary/aromatic N) is 1. The van der Waals surface area contributed by atoms with E-state index >= 15 is 0 Å². The zero-order chi connectivity index (χ0) is 15.8. The van der Waals surface area contributed by atoms with Crippen molar-refractivity contribution in [3.8, 4) is 0 Å². The molecule has 0 aliphatic heterocycles. The highest BCUT2D eigenvalue weighted by Crippen LogP contribution is 2.37. The quantitative estimate of drug-likeness (QED) is 0.667. The van der Waals surface area contributed by atoms with E-state index in [1.54, 1.807) is 0 Å². The first kappa shape index (κ1) is 17.7. The van der Waals surface area contributed by atoms with Crippen LogP contribution in [0.4, 0.5) is 0 Å². The molecule has 3 heteroatoms. The summed E-state index contributed by atoms with van der Waals surface area (Å²) in [4.78, 5) is 2.46. The zero-order valence-corrected chi connectivity index (χ0v) is 15.7. The molecule has 1 unspecified atom stereocenters. The summed E-state index contributed by atoms with van der Waals surface area (Å²) in [6.45, 7) is 11.1. The number of benzene rings is 1. The van der Waals surface area contributed by atoms with Crippen molar-refractivity contribution in [1.82, 2.24) is 4.90 Å². The van der Waals surface area contributed by atoms with Crippen molar-refractivity contribution in [2.75, 3.05) is 26.2 Å². The maximum absolute atomic E-state index is 6.69. The van der Waals surface area contributed by atoms with Gasteiger partial charge in [-0.05, 0) is 30.4 Å². The van der Waals surface area contributed by atoms with Crippen molar-refractivity contribution in [2.24, 2.45) is 0 Å². The van der Waals surface area contributed by atoms with Gasteiger partial charge < -0.3 is 9.33 Å². The summed E-state index contributed by atoms with van der Waals surface area (Å²) in [6, 6.07) is 11.1. The average molecular weight is 320 g/mol. The first-order valence-corrected chi connectivity index (χ1v) is 11.6. The third kappa shape index (κ3) is 4.43. The molecule has 0 spiro atoms. The Morgan fingerprint density at radius 3 is 2.27 bits per heavy atom. The van der Waals surface area contributed by atoms with Crippen molar-refractivity contribution in [1.29, 1.82) is 0 Å². The molecule has 0 aromatic heterocycles. The van der Waals surface area contributed by atoms with Crippen molar-refractivity contribution in [3.05, 3.63) is 30.3 Å². The molecule has 1 aliphatic rings. The highest BCUT2D eigenvalue weighted by atomic mass is 28.4. The summed E-state index contributed by atoms with van der Waals surface area (Å²) in [5, 5.41) is 1.49. The number of rotatable bonds is 8. The van der Waals surface area contributed by atoms with Crippen molar-refractivity contribution in [3.63, 3.8) is 0 Å². The summed E-state index contributed by atoms with van der Waals surface area (Å²) in [5.74, 6) is 0. The predicted molar refractivity (Wildman–Crippen MR) is 98.3 cm³/mol. The monoisotopic (exact) mass is 319 g/mol. The number of hydrogen-bond donors (Lipinski definition) is 0. The zero-order valence-electron chi connectivity index (χ0n) is 14.7. The predicted octanol–water partition coefficient (Wildman–Crippen LogP) is 4.16. The minimum atomic E-state index is -1.84. The molecular formula is C19H33NOSi. The molecule has 1 aromatic carbocycles. The van der Waals surface area contributed by atoms with Gasteiger partial charge >= 0.3 is 0 Å². The third-order valence-electron chi connectivity index (χ3n) is 5.44. The summed E-state index contributed by atoms with van der Waals surface area (Å²) >= 11 is 0. The van der Waals surface area contributed by atoms with Gasteiger partial charge in [0.05, 0.1) is 0 Å². The lowest BCUT2D eigenvalue weighted by Gasteiger charge is -2.38. The van der Waals surface area contributed by atoms with Crippen LogP contribution in [0.3, 0.4) is 0 Å². The van der Waals surface area contributed by atoms with E-state index in [-0.39, 0.29) is 0 Å². The van der Waals surface area contributed by atoms with Crippen LogP contribution in [0.2, 0.25) is 12.1 Å². The minimum Gasteiger partial charge on any atom is -0.411 e. The summed E-state index contributed by atoms with van der Waals surface area (Å²) in [7, 11) is -1.84. The summed E-state index contributed by atoms with van der Waals surface area (Å²) in [5.41, 5.74) is 0.792. The first-order valence-electron chi connectivity index (χ1n) is 9.12. The van der Waals surface area contributed by atoms with Crippen LogP contribution < -0.4 is 5.19 Å². The molecule has 0 saturated heterocycles. The van der Waals surface area contributed by atoms with Gasteiger partial charge in [0.2, 0.25) is 8.32 Å². The Bertz CT molecular complexity index is 415. The van der Waals surface area contributed by atoms with E-state index in [0.717, 1.165) is 31.8 Å². The fraction of sp³-hybridized carbons (Fsp3) is 0.684. The molecular weight excluding hydrogens is 286 g/mol. The van der Waals surface area contributed by atoms with E-state index in [2.05, 4.69) is 55.6 Å². The summed E-state index contributed by atoms with van der Waals surface area (Å²) < 4.78 is 6.69. The topological polar surface area (TPSA) is 12.5 Å². The van der Waals surface area contributed by atoms with Gasteiger partial charge in [0.1, 0.15) is 0 Å². The molecule has 0 N–H and O–H groups in total. The molecule has 124 valence electrons. The van der Waals surface area contributed by atoms with Crippen LogP contribution in [0.5, 0.6) is 0 Å². The van der Waals surface area contributed by atoms with Gasteiger partial charge in [-0.25, -0.2) is 0 Å². The van der Waals surface area contributed by atoms with Crippen LogP contribution in [0, 0.1) is 0 Å². The van der Waals surface area contributed by atoms with Crippen molar-refractivity contribution < 1.29 is 4.43 Å². The van der Waals surface area contributed by atoms with Crippen LogP contribution in [0.25, 0.3) is 0 Å². The fourth-order valence-electron chi connectivity index (χ4n) is 3.79. The second kappa shape index (κ2) is 8.85. The van der Waals surface area contributed by atoms with E-state index < -0.39 is 8.32 Å². The molecule has 2 rings (SSSR count). The lowest BCUT2D eigenvalue weighted by molar-refractivity contribution is 0.213. The van der Waals surface area contributed by atoms with Gasteiger partial charge in [-0.1, -0.05) is 76.3 Å². The third-order valence-corrected chi connectivity index (χ3v) is 9.85. The molecule has 22 heavy (non-hydrogen) atoms. The van der Waals surface area contributed by atoms with Gasteiger partial charge in [-0.15, -0.1) is 0 Å². The lowest BCUT2D eigenvalue weighted by atomic mass is 10.0. The molecule has 1 fully saturated rings. The molecule has 0 amide bonds. The Morgan fingerprint density at radius 1 is 1.05 bits per heavy atom. The average Bonchev–Trinajstić information content (AvgIpc) is 2.60. The summed E-state index contributed by atoms with van der Waals surface area (Å²) in [6.07, 6.45) is 6.92. The molecule has 0 heterocycles. The number of hydrogen-bond acceptors (Lipinski definition) is 2. The highest BCUT2D eigenvalue weighted by molar-refractivity contribution is 6.86. The normalized spacial score (nSPS) is 19.3. The lowest BCUT2D eigenvalue weighted by Crippen LogP contribution is -2.53. The standard InChI is InChI=1S/C19H33NOSi/c1-4-20(5-2)16-17-21-22(3,18-12-8-6-9-13-18)19-14-10-7-11-15-19/h6,8-9,12-13,19H,4-5,7,10-11,14-17H2,1-3H3. The molecule has 1 aromatic rings. The maximum atomic E-state index is 6.69. The minimum absolute atomic E-state index is 0.792. The molecule has 1 aliphatic carbocycles. The second-order valence-corrected chi connectivity index (χ2v) is 10.6. The Morgan fingerprint density at radius 2 is 1.68 bits per heavy atom. The molecule has 1 atom stereocenters. The first-order chi connectivity index (χ1) is 10.7. The van der Waals surface area contributed by atoms with E-state index in [4.69, 9.17) is 4.43 Å². The largest absolute Gasteiger partial charge is 0.411 e.